The summed E-state index contributed by atoms with van der Waals surface area (Å²) in [4.78, 5) is 28.1. The summed E-state index contributed by atoms with van der Waals surface area (Å²) in [6, 6.07) is 4.27. The van der Waals surface area contributed by atoms with Gasteiger partial charge in [0.15, 0.2) is 5.13 Å². The van der Waals surface area contributed by atoms with Crippen LogP contribution in [0.3, 0.4) is 0 Å². The Labute approximate surface area is 139 Å². The molecule has 0 aliphatic carbocycles. The fraction of sp³-hybridized carbons (Fsp3) is 0.333. The highest BCUT2D eigenvalue weighted by Gasteiger charge is 2.34. The Kier molecular flexibility index (Phi) is 3.98. The number of carbonyl (C=O) groups is 1. The molecule has 1 aliphatic heterocycles. The fourth-order valence-corrected chi connectivity index (χ4v) is 4.84. The van der Waals surface area contributed by atoms with Crippen LogP contribution in [0.15, 0.2) is 18.2 Å². The van der Waals surface area contributed by atoms with Crippen LogP contribution in [-0.2, 0) is 13.8 Å². The first kappa shape index (κ1) is 16.1. The third kappa shape index (κ3) is 3.43. The van der Waals surface area contributed by atoms with Crippen molar-refractivity contribution in [3.05, 3.63) is 28.3 Å². The molecule has 1 aromatic carbocycles. The molecule has 1 amide bonds. The molecule has 122 valence electrons. The number of rotatable bonds is 4. The second kappa shape index (κ2) is 5.69. The van der Waals surface area contributed by atoms with Crippen LogP contribution < -0.4 is 4.90 Å². The highest BCUT2D eigenvalue weighted by molar-refractivity contribution is 8.13. The first-order valence-electron chi connectivity index (χ1n) is 6.50. The lowest BCUT2D eigenvalue weighted by Gasteiger charge is -2.11. The minimum absolute atomic E-state index is 0.0495. The summed E-state index contributed by atoms with van der Waals surface area (Å²) in [5.41, 5.74) is 0.503. The maximum atomic E-state index is 12.1. The van der Waals surface area contributed by atoms with Gasteiger partial charge in [-0.3, -0.25) is 19.8 Å². The highest BCUT2D eigenvalue weighted by atomic mass is 35.7. The normalized spacial score (nSPS) is 18.7. The van der Waals surface area contributed by atoms with E-state index in [1.54, 1.807) is 0 Å². The Morgan fingerprint density at radius 1 is 1.48 bits per heavy atom. The van der Waals surface area contributed by atoms with Crippen molar-refractivity contribution in [2.75, 3.05) is 17.2 Å². The van der Waals surface area contributed by atoms with E-state index < -0.39 is 14.0 Å². The van der Waals surface area contributed by atoms with Gasteiger partial charge in [0, 0.05) is 41.7 Å². The monoisotopic (exact) mass is 375 g/mol. The van der Waals surface area contributed by atoms with Crippen molar-refractivity contribution in [1.82, 2.24) is 4.98 Å². The minimum atomic E-state index is -3.67. The van der Waals surface area contributed by atoms with Crippen LogP contribution in [0.5, 0.6) is 0 Å². The van der Waals surface area contributed by atoms with Gasteiger partial charge < -0.3 is 0 Å². The third-order valence-electron chi connectivity index (χ3n) is 3.44. The topological polar surface area (TPSA) is 110 Å². The summed E-state index contributed by atoms with van der Waals surface area (Å²) in [7, 11) is 1.56. The van der Waals surface area contributed by atoms with Crippen LogP contribution in [0.25, 0.3) is 10.2 Å². The standard InChI is InChI=1S/C12H10ClN3O5S2/c13-23(20,21)6-7-3-11(17)15(5-7)12-14-9-2-1-8(16(18)19)4-10(9)22-12/h1-2,4,7H,3,5-6H2. The van der Waals surface area contributed by atoms with Gasteiger partial charge in [-0.25, -0.2) is 13.4 Å². The fourth-order valence-electron chi connectivity index (χ4n) is 2.49. The summed E-state index contributed by atoms with van der Waals surface area (Å²) >= 11 is 1.16. The van der Waals surface area contributed by atoms with E-state index in [1.165, 1.54) is 23.1 Å². The molecule has 1 atom stereocenters. The third-order valence-corrected chi connectivity index (χ3v) is 5.73. The van der Waals surface area contributed by atoms with Gasteiger partial charge in [0.25, 0.3) is 5.69 Å². The number of nitro groups is 1. The maximum absolute atomic E-state index is 12.1. The summed E-state index contributed by atoms with van der Waals surface area (Å²) in [6.45, 7) is 0.215. The van der Waals surface area contributed by atoms with E-state index >= 15 is 0 Å². The van der Waals surface area contributed by atoms with Gasteiger partial charge in [-0.15, -0.1) is 0 Å². The minimum Gasteiger partial charge on any atom is -0.288 e. The number of aromatic nitrogens is 1. The first-order chi connectivity index (χ1) is 10.7. The molecule has 0 N–H and O–H groups in total. The van der Waals surface area contributed by atoms with E-state index in [2.05, 4.69) is 4.98 Å². The molecule has 2 aromatic rings. The molecule has 8 nitrogen and oxygen atoms in total. The number of halogens is 1. The number of amides is 1. The summed E-state index contributed by atoms with van der Waals surface area (Å²) < 4.78 is 22.9. The number of nitrogens with zero attached hydrogens (tertiary/aromatic N) is 3. The Morgan fingerprint density at radius 2 is 2.22 bits per heavy atom. The number of anilines is 1. The molecule has 23 heavy (non-hydrogen) atoms. The predicted octanol–water partition coefficient (Wildman–Crippen LogP) is 2.13. The van der Waals surface area contributed by atoms with Crippen molar-refractivity contribution in [1.29, 1.82) is 0 Å². The molecule has 3 rings (SSSR count). The number of thiazole rings is 1. The van der Waals surface area contributed by atoms with Gasteiger partial charge in [-0.05, 0) is 6.07 Å². The van der Waals surface area contributed by atoms with E-state index in [0.717, 1.165) is 11.3 Å². The van der Waals surface area contributed by atoms with E-state index in [9.17, 15) is 23.3 Å². The summed E-state index contributed by atoms with van der Waals surface area (Å²) in [6.07, 6.45) is 0.0853. The molecule has 1 aromatic heterocycles. The zero-order valence-electron chi connectivity index (χ0n) is 11.5. The predicted molar refractivity (Wildman–Crippen MR) is 86.4 cm³/mol. The van der Waals surface area contributed by atoms with Crippen LogP contribution in [0.1, 0.15) is 6.42 Å². The number of hydrogen-bond acceptors (Lipinski definition) is 7. The SMILES string of the molecule is O=C1CC(CS(=O)(=O)Cl)CN1c1nc2ccc([N+](=O)[O-])cc2s1. The van der Waals surface area contributed by atoms with Gasteiger partial charge in [0.05, 0.1) is 20.9 Å². The Morgan fingerprint density at radius 3 is 2.87 bits per heavy atom. The summed E-state index contributed by atoms with van der Waals surface area (Å²) in [5, 5.41) is 11.2. The first-order valence-corrected chi connectivity index (χ1v) is 9.80. The molecule has 0 radical (unpaired) electrons. The van der Waals surface area contributed by atoms with Crippen molar-refractivity contribution in [2.24, 2.45) is 5.92 Å². The zero-order chi connectivity index (χ0) is 16.8. The van der Waals surface area contributed by atoms with E-state index in [1.807, 2.05) is 0 Å². The molecule has 1 fully saturated rings. The second-order valence-electron chi connectivity index (χ2n) is 5.19. The Hall–Kier alpha value is -1.78. The Balaban J connectivity index is 1.88. The van der Waals surface area contributed by atoms with Crippen LogP contribution in [0.4, 0.5) is 10.8 Å². The molecule has 0 saturated carbocycles. The molecular weight excluding hydrogens is 366 g/mol. The van der Waals surface area contributed by atoms with Crippen LogP contribution in [0.2, 0.25) is 0 Å². The smallest absolute Gasteiger partial charge is 0.270 e. The van der Waals surface area contributed by atoms with E-state index in [4.69, 9.17) is 10.7 Å². The molecule has 11 heteroatoms. The van der Waals surface area contributed by atoms with Crippen molar-refractivity contribution in [3.63, 3.8) is 0 Å². The van der Waals surface area contributed by atoms with Crippen LogP contribution >= 0.6 is 22.0 Å². The Bertz CT molecular complexity index is 911. The average Bonchev–Trinajstić information content (AvgIpc) is 2.98. The van der Waals surface area contributed by atoms with E-state index in [-0.39, 0.29) is 36.2 Å². The molecule has 2 heterocycles. The lowest BCUT2D eigenvalue weighted by atomic mass is 10.1. The highest BCUT2D eigenvalue weighted by Crippen LogP contribution is 2.34. The zero-order valence-corrected chi connectivity index (χ0v) is 13.9. The lowest BCUT2D eigenvalue weighted by molar-refractivity contribution is -0.384. The molecule has 0 spiro atoms. The molecular formula is C12H10ClN3O5S2. The van der Waals surface area contributed by atoms with Crippen molar-refractivity contribution < 1.29 is 18.1 Å². The number of carbonyl (C=O) groups excluding carboxylic acids is 1. The van der Waals surface area contributed by atoms with Crippen LogP contribution in [0, 0.1) is 16.0 Å². The quantitative estimate of drug-likeness (QED) is 0.459. The number of hydrogen-bond donors (Lipinski definition) is 0. The van der Waals surface area contributed by atoms with Gasteiger partial charge in [-0.1, -0.05) is 11.3 Å². The molecule has 0 bridgehead atoms. The van der Waals surface area contributed by atoms with E-state index in [0.29, 0.717) is 15.3 Å². The van der Waals surface area contributed by atoms with Crippen molar-refractivity contribution in [2.45, 2.75) is 6.42 Å². The largest absolute Gasteiger partial charge is 0.288 e. The maximum Gasteiger partial charge on any atom is 0.270 e. The van der Waals surface area contributed by atoms with Crippen molar-refractivity contribution in [3.8, 4) is 0 Å². The molecule has 1 unspecified atom stereocenters. The van der Waals surface area contributed by atoms with Gasteiger partial charge in [0.1, 0.15) is 0 Å². The lowest BCUT2D eigenvalue weighted by Crippen LogP contribution is -2.25. The molecule has 1 saturated heterocycles. The van der Waals surface area contributed by atoms with Gasteiger partial charge in [0.2, 0.25) is 15.0 Å². The molecule has 1 aliphatic rings. The number of benzene rings is 1. The summed E-state index contributed by atoms with van der Waals surface area (Å²) in [5.74, 6) is -0.886. The number of non-ortho nitro benzene ring substituents is 1. The van der Waals surface area contributed by atoms with Crippen molar-refractivity contribution >= 4 is 58.0 Å². The second-order valence-corrected chi connectivity index (χ2v) is 9.02. The number of nitro benzene ring substituents is 1. The van der Waals surface area contributed by atoms with Crippen LogP contribution in [-0.4, -0.2) is 36.5 Å². The average molecular weight is 376 g/mol. The van der Waals surface area contributed by atoms with Gasteiger partial charge in [-0.2, -0.15) is 0 Å². The van der Waals surface area contributed by atoms with Gasteiger partial charge >= 0.3 is 0 Å². The number of fused-ring (bicyclic) bond motifs is 1.